The molecule has 3 aliphatic carbocycles. The molecule has 2 fully saturated rings. The number of rotatable bonds is 2. The Balaban J connectivity index is 1.93. The zero-order valence-corrected chi connectivity index (χ0v) is 11.1. The fourth-order valence-corrected chi connectivity index (χ4v) is 3.81. The van der Waals surface area contributed by atoms with Gasteiger partial charge in [-0.25, -0.2) is 0 Å². The standard InChI is InChI=1S/C14H18N2O3/c1-7(12(17)15-2)16-13(18)10-8-3-4-9(6-5-8)11(10)14(16)19/h3-4,7-11H,5-6H2,1-2H3,(H,15,17)/t7-,8-,9-,10-,11-/m0/s1. The van der Waals surface area contributed by atoms with Gasteiger partial charge in [0.05, 0.1) is 11.8 Å². The third-order valence-electron chi connectivity index (χ3n) is 4.81. The highest BCUT2D eigenvalue weighted by atomic mass is 16.2. The van der Waals surface area contributed by atoms with E-state index in [1.54, 1.807) is 6.92 Å². The van der Waals surface area contributed by atoms with E-state index in [1.165, 1.54) is 11.9 Å². The predicted octanol–water partition coefficient (Wildman–Crippen LogP) is 0.318. The minimum atomic E-state index is -0.713. The number of nitrogens with zero attached hydrogens (tertiary/aromatic N) is 1. The van der Waals surface area contributed by atoms with Crippen molar-refractivity contribution in [2.45, 2.75) is 25.8 Å². The molecule has 5 nitrogen and oxygen atoms in total. The fraction of sp³-hybridized carbons (Fsp3) is 0.643. The first-order chi connectivity index (χ1) is 9.06. The van der Waals surface area contributed by atoms with Crippen LogP contribution in [-0.4, -0.2) is 35.7 Å². The van der Waals surface area contributed by atoms with Crippen molar-refractivity contribution in [3.05, 3.63) is 12.2 Å². The van der Waals surface area contributed by atoms with Gasteiger partial charge in [0.1, 0.15) is 6.04 Å². The minimum absolute atomic E-state index is 0.162. The number of hydrogen-bond donors (Lipinski definition) is 1. The molecule has 1 N–H and O–H groups in total. The van der Waals surface area contributed by atoms with E-state index in [4.69, 9.17) is 0 Å². The summed E-state index contributed by atoms with van der Waals surface area (Å²) in [7, 11) is 1.52. The molecule has 1 aliphatic heterocycles. The Labute approximate surface area is 112 Å². The van der Waals surface area contributed by atoms with Crippen molar-refractivity contribution >= 4 is 17.7 Å². The van der Waals surface area contributed by atoms with Gasteiger partial charge in [-0.15, -0.1) is 0 Å². The maximum absolute atomic E-state index is 12.5. The molecule has 5 atom stereocenters. The number of amides is 3. The molecule has 0 aromatic carbocycles. The van der Waals surface area contributed by atoms with E-state index in [0.717, 1.165) is 12.8 Å². The highest BCUT2D eigenvalue weighted by molar-refractivity contribution is 6.08. The molecule has 4 aliphatic rings. The first kappa shape index (κ1) is 12.4. The maximum atomic E-state index is 12.5. The molecule has 1 heterocycles. The van der Waals surface area contributed by atoms with Crippen LogP contribution in [0.4, 0.5) is 0 Å². The second-order valence-electron chi connectivity index (χ2n) is 5.68. The number of hydrogen-bond acceptors (Lipinski definition) is 3. The molecule has 0 radical (unpaired) electrons. The van der Waals surface area contributed by atoms with Crippen molar-refractivity contribution in [2.75, 3.05) is 7.05 Å². The van der Waals surface area contributed by atoms with Crippen molar-refractivity contribution in [1.82, 2.24) is 10.2 Å². The Morgan fingerprint density at radius 1 is 1.21 bits per heavy atom. The van der Waals surface area contributed by atoms with Gasteiger partial charge in [0.25, 0.3) is 0 Å². The van der Waals surface area contributed by atoms with Crippen molar-refractivity contribution in [3.8, 4) is 0 Å². The van der Waals surface area contributed by atoms with Crippen LogP contribution >= 0.6 is 0 Å². The van der Waals surface area contributed by atoms with Crippen LogP contribution in [0.5, 0.6) is 0 Å². The summed E-state index contributed by atoms with van der Waals surface area (Å²) in [6.45, 7) is 1.61. The quantitative estimate of drug-likeness (QED) is 0.575. The van der Waals surface area contributed by atoms with Gasteiger partial charge < -0.3 is 5.32 Å². The summed E-state index contributed by atoms with van der Waals surface area (Å²) in [6, 6.07) is -0.713. The molecule has 1 saturated carbocycles. The SMILES string of the molecule is CNC(=O)[C@H](C)N1C(=O)[C@@H]2[C@@H](C1=O)[C@H]1C=C[C@H]2CC1. The van der Waals surface area contributed by atoms with Gasteiger partial charge in [-0.1, -0.05) is 12.2 Å². The lowest BCUT2D eigenvalue weighted by Gasteiger charge is -2.38. The lowest BCUT2D eigenvalue weighted by atomic mass is 9.63. The van der Waals surface area contributed by atoms with Crippen LogP contribution in [0.1, 0.15) is 19.8 Å². The third kappa shape index (κ3) is 1.57. The largest absolute Gasteiger partial charge is 0.357 e. The molecule has 3 amide bonds. The lowest BCUT2D eigenvalue weighted by molar-refractivity contribution is -0.147. The van der Waals surface area contributed by atoms with Crippen LogP contribution in [0.3, 0.4) is 0 Å². The topological polar surface area (TPSA) is 66.5 Å². The summed E-state index contributed by atoms with van der Waals surface area (Å²) in [6.07, 6.45) is 6.11. The van der Waals surface area contributed by atoms with Gasteiger partial charge >= 0.3 is 0 Å². The molecule has 5 heteroatoms. The van der Waals surface area contributed by atoms with Gasteiger partial charge in [0.2, 0.25) is 17.7 Å². The van der Waals surface area contributed by atoms with E-state index in [0.29, 0.717) is 0 Å². The van der Waals surface area contributed by atoms with Crippen LogP contribution in [-0.2, 0) is 14.4 Å². The summed E-state index contributed by atoms with van der Waals surface area (Å²) in [5.41, 5.74) is 0. The number of likely N-dealkylation sites (tertiary alicyclic amines) is 1. The number of allylic oxidation sites excluding steroid dienone is 2. The summed E-state index contributed by atoms with van der Waals surface area (Å²) >= 11 is 0. The molecule has 4 rings (SSSR count). The van der Waals surface area contributed by atoms with Crippen LogP contribution in [0.25, 0.3) is 0 Å². The molecule has 19 heavy (non-hydrogen) atoms. The van der Waals surface area contributed by atoms with E-state index in [-0.39, 0.29) is 41.4 Å². The van der Waals surface area contributed by atoms with Gasteiger partial charge in [0, 0.05) is 7.05 Å². The van der Waals surface area contributed by atoms with Gasteiger partial charge in [-0.05, 0) is 31.6 Å². The zero-order chi connectivity index (χ0) is 13.7. The van der Waals surface area contributed by atoms with Crippen LogP contribution in [0.15, 0.2) is 12.2 Å². The summed E-state index contributed by atoms with van der Waals surface area (Å²) in [5.74, 6) is -0.732. The highest BCUT2D eigenvalue weighted by Gasteiger charge is 2.57. The van der Waals surface area contributed by atoms with E-state index < -0.39 is 6.04 Å². The van der Waals surface area contributed by atoms with Gasteiger partial charge in [-0.2, -0.15) is 0 Å². The Bertz CT molecular complexity index is 453. The number of nitrogens with one attached hydrogen (secondary N) is 1. The molecule has 1 saturated heterocycles. The first-order valence-corrected chi connectivity index (χ1v) is 6.83. The number of carbonyl (C=O) groups excluding carboxylic acids is 3. The molecular weight excluding hydrogens is 244 g/mol. The normalized spacial score (nSPS) is 37.5. The minimum Gasteiger partial charge on any atom is -0.357 e. The monoisotopic (exact) mass is 262 g/mol. The zero-order valence-electron chi connectivity index (χ0n) is 11.1. The molecule has 0 spiro atoms. The van der Waals surface area contributed by atoms with Gasteiger partial charge in [0.15, 0.2) is 0 Å². The van der Waals surface area contributed by atoms with Crippen molar-refractivity contribution in [1.29, 1.82) is 0 Å². The Morgan fingerprint density at radius 3 is 2.05 bits per heavy atom. The number of imide groups is 1. The summed E-state index contributed by atoms with van der Waals surface area (Å²) < 4.78 is 0. The third-order valence-corrected chi connectivity index (χ3v) is 4.81. The van der Waals surface area contributed by atoms with Gasteiger partial charge in [-0.3, -0.25) is 19.3 Å². The second kappa shape index (κ2) is 4.18. The molecular formula is C14H18N2O3. The van der Waals surface area contributed by atoms with E-state index in [1.807, 2.05) is 0 Å². The van der Waals surface area contributed by atoms with Crippen LogP contribution in [0, 0.1) is 23.7 Å². The Hall–Kier alpha value is -1.65. The van der Waals surface area contributed by atoms with Crippen molar-refractivity contribution < 1.29 is 14.4 Å². The summed E-state index contributed by atoms with van der Waals surface area (Å²) in [5, 5.41) is 2.50. The van der Waals surface area contributed by atoms with E-state index in [9.17, 15) is 14.4 Å². The molecule has 0 aromatic heterocycles. The fourth-order valence-electron chi connectivity index (χ4n) is 3.81. The predicted molar refractivity (Wildman–Crippen MR) is 67.7 cm³/mol. The average molecular weight is 262 g/mol. The number of likely N-dealkylation sites (N-methyl/N-ethyl adjacent to an activating group) is 1. The molecule has 2 bridgehead atoms. The maximum Gasteiger partial charge on any atom is 0.242 e. The smallest absolute Gasteiger partial charge is 0.242 e. The van der Waals surface area contributed by atoms with Crippen LogP contribution < -0.4 is 5.32 Å². The first-order valence-electron chi connectivity index (χ1n) is 6.83. The Morgan fingerprint density at radius 2 is 1.68 bits per heavy atom. The van der Waals surface area contributed by atoms with E-state index in [2.05, 4.69) is 17.5 Å². The number of carbonyl (C=O) groups is 3. The molecule has 102 valence electrons. The highest BCUT2D eigenvalue weighted by Crippen LogP contribution is 2.49. The second-order valence-corrected chi connectivity index (χ2v) is 5.68. The Kier molecular flexibility index (Phi) is 2.73. The van der Waals surface area contributed by atoms with Crippen molar-refractivity contribution in [2.24, 2.45) is 23.7 Å². The average Bonchev–Trinajstić information content (AvgIpc) is 2.73. The van der Waals surface area contributed by atoms with E-state index >= 15 is 0 Å². The number of fused-ring (bicyclic) bond motifs is 1. The molecule has 0 aromatic rings. The van der Waals surface area contributed by atoms with Crippen molar-refractivity contribution in [3.63, 3.8) is 0 Å². The van der Waals surface area contributed by atoms with Crippen LogP contribution in [0.2, 0.25) is 0 Å². The lowest BCUT2D eigenvalue weighted by Crippen LogP contribution is -2.47. The molecule has 0 unspecified atom stereocenters. The summed E-state index contributed by atoms with van der Waals surface area (Å²) in [4.78, 5) is 37.9.